The molecule has 0 aliphatic rings. The number of carbonyl (C=O) groups excluding carboxylic acids is 1. The fourth-order valence-electron chi connectivity index (χ4n) is 3.00. The van der Waals surface area contributed by atoms with Gasteiger partial charge in [-0.15, -0.1) is 11.3 Å². The number of amides is 1. The first-order valence-electron chi connectivity index (χ1n) is 8.43. The van der Waals surface area contributed by atoms with Gasteiger partial charge in [0.05, 0.1) is 38.9 Å². The maximum absolute atomic E-state index is 12.6. The molecule has 4 aromatic rings. The summed E-state index contributed by atoms with van der Waals surface area (Å²) in [4.78, 5) is 17.7. The third-order valence-electron chi connectivity index (χ3n) is 4.52. The largest absolute Gasteiger partial charge is 0.313 e. The topological polar surface area (TPSA) is 64.7 Å². The smallest absolute Gasteiger partial charge is 0.268 e. The Hall–Kier alpha value is -2.64. The highest BCUT2D eigenvalue weighted by atomic mass is 35.5. The molecule has 3 heterocycles. The Morgan fingerprint density at radius 2 is 2.07 bits per heavy atom. The van der Waals surface area contributed by atoms with E-state index in [2.05, 4.69) is 15.4 Å². The van der Waals surface area contributed by atoms with Gasteiger partial charge < -0.3 is 4.57 Å². The first-order chi connectivity index (χ1) is 12.9. The van der Waals surface area contributed by atoms with Crippen LogP contribution in [0.5, 0.6) is 0 Å². The summed E-state index contributed by atoms with van der Waals surface area (Å²) < 4.78 is 3.73. The molecule has 8 heteroatoms. The number of carbonyl (C=O) groups is 1. The molecule has 1 aromatic carbocycles. The lowest BCUT2D eigenvalue weighted by atomic mass is 10.3. The summed E-state index contributed by atoms with van der Waals surface area (Å²) >= 11 is 7.61. The first-order valence-corrected chi connectivity index (χ1v) is 9.69. The molecule has 4 rings (SSSR count). The molecular formula is C19H18ClN5OS. The zero-order chi connectivity index (χ0) is 19.1. The van der Waals surface area contributed by atoms with Crippen molar-refractivity contribution < 1.29 is 4.79 Å². The number of halogens is 1. The van der Waals surface area contributed by atoms with Gasteiger partial charge in [-0.1, -0.05) is 23.7 Å². The Morgan fingerprint density at radius 1 is 1.30 bits per heavy atom. The number of benzene rings is 1. The van der Waals surface area contributed by atoms with Crippen LogP contribution in [0, 0.1) is 13.8 Å². The fourth-order valence-corrected chi connectivity index (χ4v) is 3.93. The number of nitrogens with zero attached hydrogens (tertiary/aromatic N) is 4. The number of anilines is 1. The molecule has 0 saturated carbocycles. The molecule has 0 saturated heterocycles. The molecule has 27 heavy (non-hydrogen) atoms. The van der Waals surface area contributed by atoms with E-state index in [1.807, 2.05) is 65.9 Å². The van der Waals surface area contributed by atoms with Gasteiger partial charge in [0, 0.05) is 7.05 Å². The maximum atomic E-state index is 12.6. The van der Waals surface area contributed by atoms with Crippen LogP contribution in [-0.4, -0.2) is 25.2 Å². The zero-order valence-corrected chi connectivity index (χ0v) is 16.7. The van der Waals surface area contributed by atoms with Crippen molar-refractivity contribution in [3.8, 4) is 0 Å². The van der Waals surface area contributed by atoms with Crippen molar-refractivity contribution >= 4 is 45.8 Å². The van der Waals surface area contributed by atoms with Gasteiger partial charge in [0.1, 0.15) is 0 Å². The molecular weight excluding hydrogens is 382 g/mol. The van der Waals surface area contributed by atoms with E-state index in [4.69, 9.17) is 11.6 Å². The van der Waals surface area contributed by atoms with Gasteiger partial charge in [0.2, 0.25) is 5.95 Å². The molecule has 6 nitrogen and oxygen atoms in total. The molecule has 0 radical (unpaired) electrons. The molecule has 0 atom stereocenters. The molecule has 1 N–H and O–H groups in total. The summed E-state index contributed by atoms with van der Waals surface area (Å²) in [6, 6.07) is 9.66. The predicted molar refractivity (Wildman–Crippen MR) is 109 cm³/mol. The van der Waals surface area contributed by atoms with Gasteiger partial charge in [-0.2, -0.15) is 5.10 Å². The van der Waals surface area contributed by atoms with Gasteiger partial charge in [0.25, 0.3) is 5.91 Å². The average Bonchev–Trinajstić information content (AvgIpc) is 3.31. The Kier molecular flexibility index (Phi) is 4.49. The minimum atomic E-state index is -0.170. The molecule has 138 valence electrons. The fraction of sp³-hybridized carbons (Fsp3) is 0.211. The Balaban J connectivity index is 1.53. The van der Waals surface area contributed by atoms with Crippen molar-refractivity contribution in [2.24, 2.45) is 7.05 Å². The summed E-state index contributed by atoms with van der Waals surface area (Å²) in [5.41, 5.74) is 4.57. The molecule has 1 amide bonds. The van der Waals surface area contributed by atoms with E-state index >= 15 is 0 Å². The second-order valence-corrected chi connectivity index (χ2v) is 7.69. The van der Waals surface area contributed by atoms with Crippen LogP contribution < -0.4 is 5.32 Å². The van der Waals surface area contributed by atoms with E-state index < -0.39 is 0 Å². The van der Waals surface area contributed by atoms with Crippen molar-refractivity contribution in [2.45, 2.75) is 20.4 Å². The number of nitrogens with one attached hydrogen (secondary N) is 1. The van der Waals surface area contributed by atoms with E-state index in [0.29, 0.717) is 22.4 Å². The molecule has 0 bridgehead atoms. The second-order valence-electron chi connectivity index (χ2n) is 6.40. The maximum Gasteiger partial charge on any atom is 0.268 e. The number of thiophene rings is 1. The highest BCUT2D eigenvalue weighted by Crippen LogP contribution is 2.23. The van der Waals surface area contributed by atoms with Crippen LogP contribution in [0.2, 0.25) is 5.02 Å². The van der Waals surface area contributed by atoms with Gasteiger partial charge in [-0.05, 0) is 43.0 Å². The summed E-state index contributed by atoms with van der Waals surface area (Å²) in [7, 11) is 1.89. The molecule has 0 unspecified atom stereocenters. The molecule has 3 aromatic heterocycles. The Morgan fingerprint density at radius 3 is 2.78 bits per heavy atom. The molecule has 0 aliphatic carbocycles. The standard InChI is InChI=1S/C19H18ClN5OS/c1-11-17(20)12(2)25(23-11)9-13-8-16(27-10-13)18(26)22-19-21-14-6-4-5-7-15(14)24(19)3/h4-8,10H,9H2,1-3H3,(H,21,22,26). The molecule has 0 spiro atoms. The number of hydrogen-bond donors (Lipinski definition) is 1. The van der Waals surface area contributed by atoms with E-state index in [0.717, 1.165) is 28.0 Å². The van der Waals surface area contributed by atoms with Crippen molar-refractivity contribution in [1.29, 1.82) is 0 Å². The lowest BCUT2D eigenvalue weighted by Crippen LogP contribution is -2.13. The average molecular weight is 400 g/mol. The Bertz CT molecular complexity index is 1160. The normalized spacial score (nSPS) is 11.3. The summed E-state index contributed by atoms with van der Waals surface area (Å²) in [5, 5.41) is 9.99. The predicted octanol–water partition coefficient (Wildman–Crippen LogP) is 4.40. The van der Waals surface area contributed by atoms with Crippen LogP contribution in [0.1, 0.15) is 26.6 Å². The highest BCUT2D eigenvalue weighted by Gasteiger charge is 2.15. The first kappa shape index (κ1) is 17.8. The van der Waals surface area contributed by atoms with Crippen molar-refractivity contribution in [1.82, 2.24) is 19.3 Å². The van der Waals surface area contributed by atoms with E-state index in [-0.39, 0.29) is 5.91 Å². The van der Waals surface area contributed by atoms with Gasteiger partial charge in [0.15, 0.2) is 0 Å². The van der Waals surface area contributed by atoms with E-state index in [1.165, 1.54) is 11.3 Å². The number of para-hydroxylation sites is 2. The third kappa shape index (κ3) is 3.24. The Labute approximate surface area is 165 Å². The number of fused-ring (bicyclic) bond motifs is 1. The van der Waals surface area contributed by atoms with Gasteiger partial charge in [-0.3, -0.25) is 14.8 Å². The van der Waals surface area contributed by atoms with Crippen LogP contribution in [0.3, 0.4) is 0 Å². The molecule has 0 fully saturated rings. The number of imidazole rings is 1. The third-order valence-corrected chi connectivity index (χ3v) is 6.04. The minimum absolute atomic E-state index is 0.170. The summed E-state index contributed by atoms with van der Waals surface area (Å²) in [6.07, 6.45) is 0. The number of aromatic nitrogens is 4. The van der Waals surface area contributed by atoms with Crippen LogP contribution in [0.25, 0.3) is 11.0 Å². The lowest BCUT2D eigenvalue weighted by Gasteiger charge is -2.04. The van der Waals surface area contributed by atoms with E-state index in [1.54, 1.807) is 0 Å². The monoisotopic (exact) mass is 399 g/mol. The van der Waals surface area contributed by atoms with Crippen molar-refractivity contribution in [3.63, 3.8) is 0 Å². The quantitative estimate of drug-likeness (QED) is 0.553. The minimum Gasteiger partial charge on any atom is -0.313 e. The summed E-state index contributed by atoms with van der Waals surface area (Å²) in [6.45, 7) is 4.40. The van der Waals surface area contributed by atoms with Gasteiger partial charge >= 0.3 is 0 Å². The number of rotatable bonds is 4. The van der Waals surface area contributed by atoms with Gasteiger partial charge in [-0.25, -0.2) is 4.98 Å². The summed E-state index contributed by atoms with van der Waals surface area (Å²) in [5.74, 6) is 0.359. The van der Waals surface area contributed by atoms with E-state index in [9.17, 15) is 4.79 Å². The number of hydrogen-bond acceptors (Lipinski definition) is 4. The van der Waals surface area contributed by atoms with Crippen molar-refractivity contribution in [2.75, 3.05) is 5.32 Å². The molecule has 0 aliphatic heterocycles. The van der Waals surface area contributed by atoms with Crippen LogP contribution in [0.4, 0.5) is 5.95 Å². The highest BCUT2D eigenvalue weighted by molar-refractivity contribution is 7.12. The second kappa shape index (κ2) is 6.83. The zero-order valence-electron chi connectivity index (χ0n) is 15.2. The van der Waals surface area contributed by atoms with Crippen LogP contribution in [-0.2, 0) is 13.6 Å². The lowest BCUT2D eigenvalue weighted by molar-refractivity contribution is 0.102. The SMILES string of the molecule is Cc1nn(Cc2csc(C(=O)Nc3nc4ccccc4n3C)c2)c(C)c1Cl. The van der Waals surface area contributed by atoms with Crippen LogP contribution >= 0.6 is 22.9 Å². The van der Waals surface area contributed by atoms with Crippen molar-refractivity contribution in [3.05, 3.63) is 62.6 Å². The van der Waals surface area contributed by atoms with Crippen LogP contribution in [0.15, 0.2) is 35.7 Å². The number of aryl methyl sites for hydroxylation is 2.